The summed E-state index contributed by atoms with van der Waals surface area (Å²) in [6.45, 7) is 1.53. The minimum Gasteiger partial charge on any atom is -0.491 e. The average molecular weight is 282 g/mol. The van der Waals surface area contributed by atoms with Crippen LogP contribution < -0.4 is 15.4 Å². The van der Waals surface area contributed by atoms with Gasteiger partial charge in [0.25, 0.3) is 0 Å². The lowest BCUT2D eigenvalue weighted by Gasteiger charge is -2.23. The lowest BCUT2D eigenvalue weighted by Crippen LogP contribution is -2.18. The minimum atomic E-state index is 0.564. The van der Waals surface area contributed by atoms with E-state index in [9.17, 15) is 0 Å². The molecule has 0 saturated carbocycles. The van der Waals surface area contributed by atoms with Gasteiger partial charge in [-0.05, 0) is 41.0 Å². The molecular weight excluding hydrogens is 268 g/mol. The first-order chi connectivity index (χ1) is 10.3. The summed E-state index contributed by atoms with van der Waals surface area (Å²) in [7, 11) is 0. The van der Waals surface area contributed by atoms with Crippen molar-refractivity contribution in [2.75, 3.05) is 23.8 Å². The molecule has 0 spiro atoms. The summed E-state index contributed by atoms with van der Waals surface area (Å²) in [5.41, 5.74) is 9.70. The average Bonchev–Trinajstić information content (AvgIpc) is 2.91. The quantitative estimate of drug-likeness (QED) is 0.691. The molecule has 21 heavy (non-hydrogen) atoms. The highest BCUT2D eigenvalue weighted by atomic mass is 16.6. The Kier molecular flexibility index (Phi) is 2.67. The van der Waals surface area contributed by atoms with Crippen LogP contribution in [0.4, 0.5) is 17.1 Å². The van der Waals surface area contributed by atoms with Crippen LogP contribution in [0.5, 0.6) is 5.75 Å². The van der Waals surface area contributed by atoms with Crippen molar-refractivity contribution in [3.63, 3.8) is 0 Å². The van der Waals surface area contributed by atoms with Crippen LogP contribution in [0.3, 0.4) is 0 Å². The largest absolute Gasteiger partial charge is 0.491 e. The summed E-state index contributed by atoms with van der Waals surface area (Å²) in [4.78, 5) is 2.17. The van der Waals surface area contributed by atoms with Crippen molar-refractivity contribution in [3.05, 3.63) is 36.4 Å². The van der Waals surface area contributed by atoms with Gasteiger partial charge >= 0.3 is 0 Å². The van der Waals surface area contributed by atoms with Crippen LogP contribution in [0.1, 0.15) is 6.42 Å². The first-order valence-corrected chi connectivity index (χ1v) is 6.85. The van der Waals surface area contributed by atoms with E-state index in [2.05, 4.69) is 15.2 Å². The van der Waals surface area contributed by atoms with Gasteiger partial charge in [-0.2, -0.15) is 0 Å². The third-order valence-electron chi connectivity index (χ3n) is 3.66. The fraction of sp³-hybridized carbons (Fsp3) is 0.200. The van der Waals surface area contributed by atoms with Crippen molar-refractivity contribution in [1.82, 2.24) is 10.3 Å². The van der Waals surface area contributed by atoms with Gasteiger partial charge in [-0.25, -0.2) is 4.63 Å². The Balaban J connectivity index is 1.92. The van der Waals surface area contributed by atoms with Crippen LogP contribution in [0, 0.1) is 0 Å². The summed E-state index contributed by atoms with van der Waals surface area (Å²) < 4.78 is 10.7. The topological polar surface area (TPSA) is 77.4 Å². The van der Waals surface area contributed by atoms with E-state index >= 15 is 0 Å². The van der Waals surface area contributed by atoms with Crippen molar-refractivity contribution in [1.29, 1.82) is 0 Å². The Labute approximate surface area is 121 Å². The van der Waals surface area contributed by atoms with Crippen molar-refractivity contribution in [2.45, 2.75) is 6.42 Å². The normalized spacial score (nSPS) is 14.6. The molecule has 0 radical (unpaired) electrons. The maximum atomic E-state index is 5.92. The van der Waals surface area contributed by atoms with Crippen LogP contribution >= 0.6 is 0 Å². The highest BCUT2D eigenvalue weighted by Crippen LogP contribution is 2.39. The Hall–Kier alpha value is -2.76. The zero-order valence-electron chi connectivity index (χ0n) is 11.3. The maximum Gasteiger partial charge on any atom is 0.160 e. The molecule has 1 aliphatic rings. The number of aromatic nitrogens is 2. The summed E-state index contributed by atoms with van der Waals surface area (Å²) in [5, 5.41) is 7.89. The number of nitrogens with two attached hydrogens (primary N) is 1. The number of nitrogen functional groups attached to an aromatic ring is 1. The van der Waals surface area contributed by atoms with Crippen molar-refractivity contribution in [3.8, 4) is 5.75 Å². The number of para-hydroxylation sites is 2. The number of nitrogens with zero attached hydrogens (tertiary/aromatic N) is 3. The maximum absolute atomic E-state index is 5.92. The first-order valence-electron chi connectivity index (χ1n) is 6.85. The number of hydrogen-bond acceptors (Lipinski definition) is 6. The van der Waals surface area contributed by atoms with Gasteiger partial charge in [-0.15, -0.1) is 0 Å². The molecule has 1 aliphatic heterocycles. The SMILES string of the molecule is Nc1ccc(N2CCCOc3ccccc32)c2nonc12. The van der Waals surface area contributed by atoms with E-state index in [1.165, 1.54) is 0 Å². The first kappa shape index (κ1) is 12.0. The molecule has 0 aliphatic carbocycles. The van der Waals surface area contributed by atoms with Gasteiger partial charge in [-0.3, -0.25) is 0 Å². The van der Waals surface area contributed by atoms with Crippen molar-refractivity contribution < 1.29 is 9.37 Å². The molecule has 0 atom stereocenters. The Bertz CT molecular complexity index is 799. The molecule has 0 bridgehead atoms. The van der Waals surface area contributed by atoms with E-state index in [1.54, 1.807) is 0 Å². The second-order valence-electron chi connectivity index (χ2n) is 4.96. The van der Waals surface area contributed by atoms with Crippen LogP contribution in [0.15, 0.2) is 41.0 Å². The second-order valence-corrected chi connectivity index (χ2v) is 4.96. The highest BCUT2D eigenvalue weighted by molar-refractivity contribution is 5.97. The summed E-state index contributed by atoms with van der Waals surface area (Å²) in [5.74, 6) is 0.872. The molecule has 0 saturated heterocycles. The number of ether oxygens (including phenoxy) is 1. The lowest BCUT2D eigenvalue weighted by atomic mass is 10.2. The van der Waals surface area contributed by atoms with Crippen LogP contribution in [0.25, 0.3) is 11.0 Å². The van der Waals surface area contributed by atoms with Gasteiger partial charge in [0, 0.05) is 6.54 Å². The van der Waals surface area contributed by atoms with Crippen LogP contribution in [0.2, 0.25) is 0 Å². The smallest absolute Gasteiger partial charge is 0.160 e. The molecule has 4 rings (SSSR count). The molecule has 6 heteroatoms. The number of anilines is 3. The van der Waals surface area contributed by atoms with Gasteiger partial charge in [-0.1, -0.05) is 12.1 Å². The minimum absolute atomic E-state index is 0.564. The second kappa shape index (κ2) is 4.66. The van der Waals surface area contributed by atoms with Gasteiger partial charge in [0.15, 0.2) is 11.0 Å². The van der Waals surface area contributed by atoms with Gasteiger partial charge in [0.05, 0.1) is 23.7 Å². The van der Waals surface area contributed by atoms with E-state index in [0.717, 1.165) is 30.1 Å². The molecule has 1 aromatic heterocycles. The third kappa shape index (κ3) is 1.87. The number of fused-ring (bicyclic) bond motifs is 2. The number of hydrogen-bond donors (Lipinski definition) is 1. The molecular formula is C15H14N4O2. The van der Waals surface area contributed by atoms with Gasteiger partial charge in [0.2, 0.25) is 0 Å². The lowest BCUT2D eigenvalue weighted by molar-refractivity contribution is 0.315. The molecule has 3 aromatic rings. The van der Waals surface area contributed by atoms with E-state index < -0.39 is 0 Å². The predicted molar refractivity (Wildman–Crippen MR) is 79.8 cm³/mol. The summed E-state index contributed by atoms with van der Waals surface area (Å²) in [6.07, 6.45) is 0.922. The van der Waals surface area contributed by atoms with E-state index in [1.807, 2.05) is 36.4 Å². The van der Waals surface area contributed by atoms with Gasteiger partial charge in [0.1, 0.15) is 5.75 Å². The van der Waals surface area contributed by atoms with Crippen molar-refractivity contribution in [2.24, 2.45) is 0 Å². The standard InChI is InChI=1S/C15H14N4O2/c16-10-6-7-12(15-14(10)17-21-18-15)19-8-3-9-20-13-5-2-1-4-11(13)19/h1-2,4-7H,3,8-9,16H2. The monoisotopic (exact) mass is 282 g/mol. The summed E-state index contributed by atoms with van der Waals surface area (Å²) >= 11 is 0. The highest BCUT2D eigenvalue weighted by Gasteiger charge is 2.21. The molecule has 0 amide bonds. The molecule has 0 fully saturated rings. The van der Waals surface area contributed by atoms with E-state index in [-0.39, 0.29) is 0 Å². The molecule has 2 N–H and O–H groups in total. The van der Waals surface area contributed by atoms with E-state index in [0.29, 0.717) is 23.3 Å². The van der Waals surface area contributed by atoms with Crippen LogP contribution in [-0.4, -0.2) is 23.5 Å². The predicted octanol–water partition coefficient (Wildman–Crippen LogP) is 2.73. The molecule has 2 heterocycles. The molecule has 6 nitrogen and oxygen atoms in total. The fourth-order valence-electron chi connectivity index (χ4n) is 2.67. The Morgan fingerprint density at radius 2 is 1.86 bits per heavy atom. The number of rotatable bonds is 1. The Morgan fingerprint density at radius 1 is 1.00 bits per heavy atom. The fourth-order valence-corrected chi connectivity index (χ4v) is 2.67. The zero-order chi connectivity index (χ0) is 14.2. The van der Waals surface area contributed by atoms with Crippen LogP contribution in [-0.2, 0) is 0 Å². The Morgan fingerprint density at radius 3 is 2.81 bits per heavy atom. The molecule has 2 aromatic carbocycles. The zero-order valence-corrected chi connectivity index (χ0v) is 11.3. The van der Waals surface area contributed by atoms with Gasteiger partial charge < -0.3 is 15.4 Å². The van der Waals surface area contributed by atoms with E-state index in [4.69, 9.17) is 15.1 Å². The third-order valence-corrected chi connectivity index (χ3v) is 3.66. The van der Waals surface area contributed by atoms with Crippen molar-refractivity contribution >= 4 is 28.1 Å². The molecule has 0 unspecified atom stereocenters. The molecule has 106 valence electrons. The summed E-state index contributed by atoms with van der Waals surface area (Å²) in [6, 6.07) is 11.8. The number of benzene rings is 2.